The van der Waals surface area contributed by atoms with Crippen LogP contribution < -0.4 is 9.62 Å². The summed E-state index contributed by atoms with van der Waals surface area (Å²) in [4.78, 5) is 12.8. The van der Waals surface area contributed by atoms with E-state index in [2.05, 4.69) is 5.32 Å². The number of aryl methyl sites for hydroxylation is 3. The van der Waals surface area contributed by atoms with Crippen molar-refractivity contribution < 1.29 is 13.2 Å². The van der Waals surface area contributed by atoms with Gasteiger partial charge in [0.05, 0.1) is 18.0 Å². The number of nitrogens with one attached hydrogen (secondary N) is 1. The van der Waals surface area contributed by atoms with Gasteiger partial charge in [0.2, 0.25) is 15.9 Å². The normalized spacial score (nSPS) is 13.7. The number of amides is 1. The summed E-state index contributed by atoms with van der Waals surface area (Å²) in [6.45, 7) is 9.44. The number of carbonyl (C=O) groups excluding carboxylic acids is 1. The summed E-state index contributed by atoms with van der Waals surface area (Å²) >= 11 is 0. The fourth-order valence-electron chi connectivity index (χ4n) is 3.14. The van der Waals surface area contributed by atoms with Crippen LogP contribution in [0.15, 0.2) is 42.5 Å². The SMILES string of the molecule is Cc1ccc(N([C@@H](C)C(=O)N[C@@H](C)c2cc(C)ccc2C)S(C)(=O)=O)cc1. The van der Waals surface area contributed by atoms with E-state index >= 15 is 0 Å². The Hall–Kier alpha value is -2.34. The summed E-state index contributed by atoms with van der Waals surface area (Å²) in [5.74, 6) is -0.339. The smallest absolute Gasteiger partial charge is 0.244 e. The molecule has 2 rings (SSSR count). The van der Waals surface area contributed by atoms with Crippen molar-refractivity contribution in [1.29, 1.82) is 0 Å². The Kier molecular flexibility index (Phi) is 6.31. The molecule has 0 aliphatic carbocycles. The van der Waals surface area contributed by atoms with Gasteiger partial charge in [-0.25, -0.2) is 8.42 Å². The number of sulfonamides is 1. The van der Waals surface area contributed by atoms with Crippen LogP contribution in [0.2, 0.25) is 0 Å². The first-order valence-corrected chi connectivity index (χ1v) is 10.8. The number of nitrogens with zero attached hydrogens (tertiary/aromatic N) is 1. The Morgan fingerprint density at radius 1 is 0.963 bits per heavy atom. The third-order valence-electron chi connectivity index (χ3n) is 4.64. The lowest BCUT2D eigenvalue weighted by atomic mass is 10.00. The van der Waals surface area contributed by atoms with E-state index in [0.29, 0.717) is 5.69 Å². The second kappa shape index (κ2) is 8.13. The molecule has 0 heterocycles. The number of hydrogen-bond acceptors (Lipinski definition) is 3. The molecule has 5 nitrogen and oxygen atoms in total. The molecule has 1 amide bonds. The van der Waals surface area contributed by atoms with E-state index in [9.17, 15) is 13.2 Å². The quantitative estimate of drug-likeness (QED) is 0.821. The van der Waals surface area contributed by atoms with Crippen molar-refractivity contribution in [2.45, 2.75) is 46.7 Å². The lowest BCUT2D eigenvalue weighted by molar-refractivity contribution is -0.122. The summed E-state index contributed by atoms with van der Waals surface area (Å²) < 4.78 is 25.9. The molecule has 146 valence electrons. The maximum Gasteiger partial charge on any atom is 0.244 e. The molecule has 2 aromatic rings. The predicted molar refractivity (Wildman–Crippen MR) is 110 cm³/mol. The number of benzene rings is 2. The number of hydrogen-bond donors (Lipinski definition) is 1. The average Bonchev–Trinajstić information content (AvgIpc) is 2.57. The van der Waals surface area contributed by atoms with E-state index in [0.717, 1.165) is 32.8 Å². The molecule has 0 saturated heterocycles. The van der Waals surface area contributed by atoms with Gasteiger partial charge in [0.1, 0.15) is 6.04 Å². The topological polar surface area (TPSA) is 66.5 Å². The molecule has 0 saturated carbocycles. The zero-order valence-electron chi connectivity index (χ0n) is 16.8. The Morgan fingerprint density at radius 3 is 2.07 bits per heavy atom. The highest BCUT2D eigenvalue weighted by molar-refractivity contribution is 7.92. The summed E-state index contributed by atoms with van der Waals surface area (Å²) in [5.41, 5.74) is 4.72. The largest absolute Gasteiger partial charge is 0.348 e. The van der Waals surface area contributed by atoms with E-state index in [1.165, 1.54) is 0 Å². The van der Waals surface area contributed by atoms with Gasteiger partial charge in [-0.2, -0.15) is 0 Å². The Morgan fingerprint density at radius 2 is 1.52 bits per heavy atom. The van der Waals surface area contributed by atoms with Crippen molar-refractivity contribution in [1.82, 2.24) is 5.32 Å². The van der Waals surface area contributed by atoms with Crippen LogP contribution >= 0.6 is 0 Å². The van der Waals surface area contributed by atoms with Gasteiger partial charge >= 0.3 is 0 Å². The molecule has 0 aliphatic rings. The average molecular weight is 389 g/mol. The minimum atomic E-state index is -3.62. The zero-order valence-corrected chi connectivity index (χ0v) is 17.6. The highest BCUT2D eigenvalue weighted by atomic mass is 32.2. The lowest BCUT2D eigenvalue weighted by Gasteiger charge is -2.29. The minimum absolute atomic E-state index is 0.223. The summed E-state index contributed by atoms with van der Waals surface area (Å²) in [6, 6.07) is 12.1. The lowest BCUT2D eigenvalue weighted by Crippen LogP contribution is -2.48. The third kappa shape index (κ3) is 5.10. The molecule has 0 radical (unpaired) electrons. The van der Waals surface area contributed by atoms with Crippen molar-refractivity contribution in [2.24, 2.45) is 0 Å². The van der Waals surface area contributed by atoms with Crippen LogP contribution in [0.1, 0.15) is 42.1 Å². The maximum atomic E-state index is 12.8. The molecule has 27 heavy (non-hydrogen) atoms. The minimum Gasteiger partial charge on any atom is -0.348 e. The first-order chi connectivity index (χ1) is 12.5. The monoisotopic (exact) mass is 388 g/mol. The fraction of sp³-hybridized carbons (Fsp3) is 0.381. The van der Waals surface area contributed by atoms with Crippen molar-refractivity contribution in [3.05, 3.63) is 64.7 Å². The van der Waals surface area contributed by atoms with Gasteiger partial charge in [-0.3, -0.25) is 9.10 Å². The van der Waals surface area contributed by atoms with Crippen LogP contribution in [-0.2, 0) is 14.8 Å². The van der Waals surface area contributed by atoms with Crippen molar-refractivity contribution in [3.63, 3.8) is 0 Å². The van der Waals surface area contributed by atoms with E-state index in [1.807, 2.05) is 58.0 Å². The van der Waals surface area contributed by atoms with Crippen LogP contribution in [0.4, 0.5) is 5.69 Å². The highest BCUT2D eigenvalue weighted by Crippen LogP contribution is 2.23. The van der Waals surface area contributed by atoms with Gasteiger partial charge in [0.25, 0.3) is 0 Å². The number of rotatable bonds is 6. The highest BCUT2D eigenvalue weighted by Gasteiger charge is 2.30. The standard InChI is InChI=1S/C21H28N2O3S/c1-14-8-11-19(12-9-14)23(27(6,25)26)18(5)21(24)22-17(4)20-13-15(2)7-10-16(20)3/h7-13,17-18H,1-6H3,(H,22,24)/t17-,18-/m0/s1. The predicted octanol–water partition coefficient (Wildman–Crippen LogP) is 3.64. The number of anilines is 1. The van der Waals surface area contributed by atoms with E-state index in [1.54, 1.807) is 19.1 Å². The van der Waals surface area contributed by atoms with Crippen LogP contribution in [0.25, 0.3) is 0 Å². The van der Waals surface area contributed by atoms with Gasteiger partial charge in [-0.05, 0) is 57.9 Å². The molecule has 1 N–H and O–H groups in total. The van der Waals surface area contributed by atoms with E-state index in [4.69, 9.17) is 0 Å². The van der Waals surface area contributed by atoms with Crippen molar-refractivity contribution in [3.8, 4) is 0 Å². The fourth-order valence-corrected chi connectivity index (χ4v) is 4.31. The van der Waals surface area contributed by atoms with E-state index in [-0.39, 0.29) is 11.9 Å². The summed E-state index contributed by atoms with van der Waals surface area (Å²) in [5, 5.41) is 2.95. The first kappa shape index (κ1) is 21.0. The Labute approximate surface area is 162 Å². The second-order valence-electron chi connectivity index (χ2n) is 7.16. The molecular weight excluding hydrogens is 360 g/mol. The van der Waals surface area contributed by atoms with Gasteiger partial charge < -0.3 is 5.32 Å². The maximum absolute atomic E-state index is 12.8. The van der Waals surface area contributed by atoms with Gasteiger partial charge in [-0.15, -0.1) is 0 Å². The van der Waals surface area contributed by atoms with Crippen LogP contribution in [0.5, 0.6) is 0 Å². The number of carbonyl (C=O) groups is 1. The molecule has 0 spiro atoms. The molecular formula is C21H28N2O3S. The Balaban J connectivity index is 2.27. The van der Waals surface area contributed by atoms with Gasteiger partial charge in [-0.1, -0.05) is 41.5 Å². The van der Waals surface area contributed by atoms with Crippen LogP contribution in [0.3, 0.4) is 0 Å². The first-order valence-electron chi connectivity index (χ1n) is 8.94. The molecule has 0 bridgehead atoms. The molecule has 2 aromatic carbocycles. The summed E-state index contributed by atoms with van der Waals surface area (Å²) in [7, 11) is -3.62. The second-order valence-corrected chi connectivity index (χ2v) is 9.02. The van der Waals surface area contributed by atoms with Crippen LogP contribution in [0, 0.1) is 20.8 Å². The molecule has 0 fully saturated rings. The van der Waals surface area contributed by atoms with Crippen LogP contribution in [-0.4, -0.2) is 26.6 Å². The summed E-state index contributed by atoms with van der Waals surface area (Å²) in [6.07, 6.45) is 1.12. The Bertz CT molecular complexity index is 921. The molecule has 0 unspecified atom stereocenters. The zero-order chi connectivity index (χ0) is 20.4. The van der Waals surface area contributed by atoms with E-state index < -0.39 is 16.1 Å². The van der Waals surface area contributed by atoms with Crippen molar-refractivity contribution in [2.75, 3.05) is 10.6 Å². The molecule has 2 atom stereocenters. The van der Waals surface area contributed by atoms with Crippen molar-refractivity contribution >= 4 is 21.6 Å². The molecule has 6 heteroatoms. The molecule has 0 aliphatic heterocycles. The third-order valence-corrected chi connectivity index (χ3v) is 5.88. The van der Waals surface area contributed by atoms with Gasteiger partial charge in [0.15, 0.2) is 0 Å². The van der Waals surface area contributed by atoms with Gasteiger partial charge in [0, 0.05) is 0 Å². The molecule has 0 aromatic heterocycles.